The highest BCUT2D eigenvalue weighted by atomic mass is 16.2. The average molecular weight is 287 g/mol. The number of carbonyl (C=O) groups excluding carboxylic acids is 1. The molecule has 0 aromatic heterocycles. The first-order valence-corrected chi connectivity index (χ1v) is 7.92. The SMILES string of the molecule is CN(C)C1CCCN(C(=O)C2CNc3ccccc3C2)C1. The molecule has 2 aliphatic rings. The molecule has 1 amide bonds. The lowest BCUT2D eigenvalue weighted by Crippen LogP contribution is -2.50. The maximum atomic E-state index is 12.8. The van der Waals surface area contributed by atoms with E-state index < -0.39 is 0 Å². The van der Waals surface area contributed by atoms with Crippen LogP contribution in [0.5, 0.6) is 0 Å². The lowest BCUT2D eigenvalue weighted by atomic mass is 9.92. The largest absolute Gasteiger partial charge is 0.384 e. The number of amides is 1. The van der Waals surface area contributed by atoms with Gasteiger partial charge in [0.15, 0.2) is 0 Å². The van der Waals surface area contributed by atoms with Crippen molar-refractivity contribution in [1.29, 1.82) is 0 Å². The maximum absolute atomic E-state index is 12.8. The number of rotatable bonds is 2. The molecule has 2 atom stereocenters. The van der Waals surface area contributed by atoms with Crippen LogP contribution in [0.2, 0.25) is 0 Å². The molecule has 0 aliphatic carbocycles. The van der Waals surface area contributed by atoms with Crippen LogP contribution >= 0.6 is 0 Å². The third kappa shape index (κ3) is 3.05. The van der Waals surface area contributed by atoms with E-state index in [4.69, 9.17) is 0 Å². The monoisotopic (exact) mass is 287 g/mol. The van der Waals surface area contributed by atoms with E-state index in [0.29, 0.717) is 11.9 Å². The molecule has 0 spiro atoms. The van der Waals surface area contributed by atoms with E-state index in [-0.39, 0.29) is 5.92 Å². The third-order valence-corrected chi connectivity index (χ3v) is 4.81. The van der Waals surface area contributed by atoms with Crippen molar-refractivity contribution in [3.63, 3.8) is 0 Å². The summed E-state index contributed by atoms with van der Waals surface area (Å²) in [6.07, 6.45) is 3.18. The van der Waals surface area contributed by atoms with E-state index in [1.807, 2.05) is 6.07 Å². The Balaban J connectivity index is 1.66. The fourth-order valence-corrected chi connectivity index (χ4v) is 3.45. The van der Waals surface area contributed by atoms with Gasteiger partial charge >= 0.3 is 0 Å². The van der Waals surface area contributed by atoms with Crippen molar-refractivity contribution in [2.45, 2.75) is 25.3 Å². The van der Waals surface area contributed by atoms with Crippen LogP contribution in [-0.4, -0.2) is 55.5 Å². The smallest absolute Gasteiger partial charge is 0.227 e. The van der Waals surface area contributed by atoms with Gasteiger partial charge in [0.05, 0.1) is 5.92 Å². The zero-order valence-corrected chi connectivity index (χ0v) is 13.0. The van der Waals surface area contributed by atoms with E-state index in [2.05, 4.69) is 47.4 Å². The van der Waals surface area contributed by atoms with E-state index in [9.17, 15) is 4.79 Å². The maximum Gasteiger partial charge on any atom is 0.227 e. The van der Waals surface area contributed by atoms with E-state index in [1.54, 1.807) is 0 Å². The highest BCUT2D eigenvalue weighted by Gasteiger charge is 2.31. The fraction of sp³-hybridized carbons (Fsp3) is 0.588. The predicted octanol–water partition coefficient (Wildman–Crippen LogP) is 1.82. The number of likely N-dealkylation sites (N-methyl/N-ethyl adjacent to an activating group) is 1. The van der Waals surface area contributed by atoms with Gasteiger partial charge in [-0.2, -0.15) is 0 Å². The van der Waals surface area contributed by atoms with E-state index >= 15 is 0 Å². The van der Waals surface area contributed by atoms with E-state index in [1.165, 1.54) is 17.7 Å². The summed E-state index contributed by atoms with van der Waals surface area (Å²) in [5.74, 6) is 0.407. The van der Waals surface area contributed by atoms with Crippen molar-refractivity contribution >= 4 is 11.6 Å². The Morgan fingerprint density at radius 1 is 1.33 bits per heavy atom. The molecule has 21 heavy (non-hydrogen) atoms. The number of nitrogens with one attached hydrogen (secondary N) is 1. The third-order valence-electron chi connectivity index (χ3n) is 4.81. The molecule has 0 radical (unpaired) electrons. The van der Waals surface area contributed by atoms with Crippen LogP contribution in [0.4, 0.5) is 5.69 Å². The van der Waals surface area contributed by atoms with Gasteiger partial charge in [-0.1, -0.05) is 18.2 Å². The number of carbonyl (C=O) groups is 1. The van der Waals surface area contributed by atoms with Crippen molar-refractivity contribution in [3.8, 4) is 0 Å². The predicted molar refractivity (Wildman–Crippen MR) is 85.4 cm³/mol. The van der Waals surface area contributed by atoms with Crippen molar-refractivity contribution in [2.75, 3.05) is 39.0 Å². The molecular formula is C17H25N3O. The summed E-state index contributed by atoms with van der Waals surface area (Å²) in [6.45, 7) is 2.56. The topological polar surface area (TPSA) is 35.6 Å². The molecule has 1 saturated heterocycles. The molecule has 3 rings (SSSR count). The van der Waals surface area contributed by atoms with Crippen LogP contribution in [-0.2, 0) is 11.2 Å². The summed E-state index contributed by atoms with van der Waals surface area (Å²) in [7, 11) is 4.22. The molecule has 2 unspecified atom stereocenters. The van der Waals surface area contributed by atoms with Gasteiger partial charge in [-0.25, -0.2) is 0 Å². The lowest BCUT2D eigenvalue weighted by Gasteiger charge is -2.38. The second kappa shape index (κ2) is 6.06. The molecule has 0 bridgehead atoms. The van der Waals surface area contributed by atoms with Crippen LogP contribution < -0.4 is 5.32 Å². The Hall–Kier alpha value is -1.55. The average Bonchev–Trinajstić information content (AvgIpc) is 2.53. The Labute approximate surface area is 127 Å². The number of fused-ring (bicyclic) bond motifs is 1. The van der Waals surface area contributed by atoms with Gasteiger partial charge in [0.1, 0.15) is 0 Å². The molecule has 1 aromatic carbocycles. The zero-order chi connectivity index (χ0) is 14.8. The van der Waals surface area contributed by atoms with Crippen LogP contribution in [0.15, 0.2) is 24.3 Å². The van der Waals surface area contributed by atoms with Crippen LogP contribution in [0.25, 0.3) is 0 Å². The number of hydrogen-bond donors (Lipinski definition) is 1. The minimum absolute atomic E-state index is 0.0841. The van der Waals surface area contributed by atoms with Crippen LogP contribution in [0.1, 0.15) is 18.4 Å². The summed E-state index contributed by atoms with van der Waals surface area (Å²) in [6, 6.07) is 8.82. The lowest BCUT2D eigenvalue weighted by molar-refractivity contribution is -0.137. The number of piperidine rings is 1. The Kier molecular flexibility index (Phi) is 4.15. The summed E-state index contributed by atoms with van der Waals surface area (Å²) >= 11 is 0. The van der Waals surface area contributed by atoms with Crippen molar-refractivity contribution < 1.29 is 4.79 Å². The first-order valence-electron chi connectivity index (χ1n) is 7.92. The van der Waals surface area contributed by atoms with Gasteiger partial charge in [0, 0.05) is 31.4 Å². The van der Waals surface area contributed by atoms with Crippen molar-refractivity contribution in [1.82, 2.24) is 9.80 Å². The molecule has 1 N–H and O–H groups in total. The summed E-state index contributed by atoms with van der Waals surface area (Å²) in [5, 5.41) is 3.41. The quantitative estimate of drug-likeness (QED) is 0.901. The van der Waals surface area contributed by atoms with Gasteiger partial charge in [-0.3, -0.25) is 4.79 Å². The number of anilines is 1. The highest BCUT2D eigenvalue weighted by molar-refractivity contribution is 5.81. The second-order valence-corrected chi connectivity index (χ2v) is 6.48. The number of para-hydroxylation sites is 1. The zero-order valence-electron chi connectivity index (χ0n) is 13.0. The Morgan fingerprint density at radius 3 is 2.95 bits per heavy atom. The van der Waals surface area contributed by atoms with Gasteiger partial charge in [0.2, 0.25) is 5.91 Å². The second-order valence-electron chi connectivity index (χ2n) is 6.48. The molecule has 2 heterocycles. The van der Waals surface area contributed by atoms with Gasteiger partial charge in [0.25, 0.3) is 0 Å². The molecule has 4 nitrogen and oxygen atoms in total. The number of nitrogens with zero attached hydrogens (tertiary/aromatic N) is 2. The first-order chi connectivity index (χ1) is 10.1. The van der Waals surface area contributed by atoms with Gasteiger partial charge < -0.3 is 15.1 Å². The molecular weight excluding hydrogens is 262 g/mol. The molecule has 114 valence electrons. The number of hydrogen-bond acceptors (Lipinski definition) is 3. The van der Waals surface area contributed by atoms with E-state index in [0.717, 1.165) is 32.5 Å². The first kappa shape index (κ1) is 14.4. The molecule has 2 aliphatic heterocycles. The highest BCUT2D eigenvalue weighted by Crippen LogP contribution is 2.26. The van der Waals surface area contributed by atoms with Crippen molar-refractivity contribution in [2.24, 2.45) is 5.92 Å². The minimum atomic E-state index is 0.0841. The van der Waals surface area contributed by atoms with Crippen LogP contribution in [0.3, 0.4) is 0 Å². The minimum Gasteiger partial charge on any atom is -0.384 e. The molecule has 0 saturated carbocycles. The van der Waals surface area contributed by atoms with Crippen LogP contribution in [0, 0.1) is 5.92 Å². The summed E-state index contributed by atoms with van der Waals surface area (Å²) < 4.78 is 0. The standard InChI is InChI=1S/C17H25N3O/c1-19(2)15-7-5-9-20(12-15)17(21)14-10-13-6-3-4-8-16(13)18-11-14/h3-4,6,8,14-15,18H,5,7,9-12H2,1-2H3. The van der Waals surface area contributed by atoms with Gasteiger partial charge in [-0.05, 0) is 45.0 Å². The molecule has 1 aromatic rings. The molecule has 1 fully saturated rings. The Morgan fingerprint density at radius 2 is 2.14 bits per heavy atom. The summed E-state index contributed by atoms with van der Waals surface area (Å²) in [4.78, 5) is 17.1. The Bertz CT molecular complexity index is 515. The summed E-state index contributed by atoms with van der Waals surface area (Å²) in [5.41, 5.74) is 2.45. The number of likely N-dealkylation sites (tertiary alicyclic amines) is 1. The van der Waals surface area contributed by atoms with Gasteiger partial charge in [-0.15, -0.1) is 0 Å². The number of benzene rings is 1. The molecule has 4 heteroatoms. The van der Waals surface area contributed by atoms with Crippen molar-refractivity contribution in [3.05, 3.63) is 29.8 Å². The fourth-order valence-electron chi connectivity index (χ4n) is 3.45. The normalized spacial score (nSPS) is 25.4.